The Labute approximate surface area is 252 Å². The molecule has 0 aromatic heterocycles. The smallest absolute Gasteiger partial charge is 0.244 e. The second kappa shape index (κ2) is 13.7. The van der Waals surface area contributed by atoms with Crippen LogP contribution in [0.2, 0.25) is 10.0 Å². The fourth-order valence-electron chi connectivity index (χ4n) is 5.25. The van der Waals surface area contributed by atoms with Crippen LogP contribution in [0.5, 0.6) is 0 Å². The van der Waals surface area contributed by atoms with Gasteiger partial charge >= 0.3 is 0 Å². The van der Waals surface area contributed by atoms with Crippen LogP contribution in [0.4, 0.5) is 5.69 Å². The Hall–Kier alpha value is -3.07. The van der Waals surface area contributed by atoms with E-state index in [2.05, 4.69) is 5.32 Å². The highest BCUT2D eigenvalue weighted by Crippen LogP contribution is 2.27. The van der Waals surface area contributed by atoms with Crippen LogP contribution in [0.15, 0.2) is 72.8 Å². The molecule has 218 valence electrons. The third kappa shape index (κ3) is 8.47. The van der Waals surface area contributed by atoms with Gasteiger partial charge in [0.25, 0.3) is 0 Å². The van der Waals surface area contributed by atoms with Crippen molar-refractivity contribution in [2.24, 2.45) is 0 Å². The van der Waals surface area contributed by atoms with Crippen LogP contribution in [-0.2, 0) is 32.6 Å². The molecule has 1 N–H and O–H groups in total. The van der Waals surface area contributed by atoms with Crippen molar-refractivity contribution in [1.82, 2.24) is 10.2 Å². The molecule has 4 rings (SSSR count). The van der Waals surface area contributed by atoms with E-state index in [0.717, 1.165) is 47.4 Å². The number of benzene rings is 3. The highest BCUT2D eigenvalue weighted by Gasteiger charge is 2.34. The van der Waals surface area contributed by atoms with Gasteiger partial charge in [-0.3, -0.25) is 13.9 Å². The number of nitrogens with one attached hydrogen (secondary N) is 1. The van der Waals surface area contributed by atoms with Gasteiger partial charge in [0, 0.05) is 29.1 Å². The zero-order valence-corrected chi connectivity index (χ0v) is 25.6. The Balaban J connectivity index is 1.74. The number of amides is 2. The van der Waals surface area contributed by atoms with E-state index in [1.54, 1.807) is 43.3 Å². The Morgan fingerprint density at radius 2 is 1.59 bits per heavy atom. The third-order valence-electron chi connectivity index (χ3n) is 7.32. The van der Waals surface area contributed by atoms with Gasteiger partial charge in [0.2, 0.25) is 21.8 Å². The molecule has 0 heterocycles. The second-order valence-electron chi connectivity index (χ2n) is 10.5. The molecule has 1 aliphatic rings. The average Bonchev–Trinajstić information content (AvgIpc) is 3.42. The van der Waals surface area contributed by atoms with E-state index >= 15 is 0 Å². The molecule has 10 heteroatoms. The van der Waals surface area contributed by atoms with Gasteiger partial charge in [-0.25, -0.2) is 8.42 Å². The van der Waals surface area contributed by atoms with E-state index in [4.69, 9.17) is 23.2 Å². The lowest BCUT2D eigenvalue weighted by atomic mass is 10.0. The van der Waals surface area contributed by atoms with Crippen molar-refractivity contribution in [3.8, 4) is 0 Å². The molecule has 3 aromatic rings. The molecule has 1 unspecified atom stereocenters. The Kier molecular flexibility index (Phi) is 10.3. The lowest BCUT2D eigenvalue weighted by Gasteiger charge is -2.34. The summed E-state index contributed by atoms with van der Waals surface area (Å²) in [6, 6.07) is 20.6. The largest absolute Gasteiger partial charge is 0.352 e. The average molecular weight is 617 g/mol. The number of hydrogen-bond acceptors (Lipinski definition) is 4. The van der Waals surface area contributed by atoms with Gasteiger partial charge in [0.15, 0.2) is 0 Å². The van der Waals surface area contributed by atoms with Crippen molar-refractivity contribution in [2.45, 2.75) is 57.7 Å². The maximum absolute atomic E-state index is 14.2. The summed E-state index contributed by atoms with van der Waals surface area (Å²) in [7, 11) is -3.86. The molecule has 0 radical (unpaired) electrons. The molecule has 7 nitrogen and oxygen atoms in total. The molecule has 2 amide bonds. The summed E-state index contributed by atoms with van der Waals surface area (Å²) in [5, 5.41) is 4.11. The lowest BCUT2D eigenvalue weighted by molar-refractivity contribution is -0.140. The van der Waals surface area contributed by atoms with Crippen LogP contribution >= 0.6 is 23.2 Å². The molecule has 0 bridgehead atoms. The normalized spacial score (nSPS) is 14.4. The van der Waals surface area contributed by atoms with Crippen molar-refractivity contribution in [1.29, 1.82) is 0 Å². The molecule has 41 heavy (non-hydrogen) atoms. The maximum Gasteiger partial charge on any atom is 0.244 e. The fraction of sp³-hybridized carbons (Fsp3) is 0.355. The van der Waals surface area contributed by atoms with Crippen LogP contribution in [0.25, 0.3) is 0 Å². The third-order valence-corrected chi connectivity index (χ3v) is 8.92. The standard InChI is InChI=1S/C31H35Cl2N3O4S/c1-22-17-26(33)15-16-28(22)36(41(2,39)40)21-30(37)35(20-24-11-8-12-25(32)18-24)29(19-23-9-4-3-5-10-23)31(38)34-27-13-6-7-14-27/h3-5,8-12,15-18,27,29H,6-7,13-14,19-21H2,1-2H3,(H,34,38). The SMILES string of the molecule is Cc1cc(Cl)ccc1N(CC(=O)N(Cc1cccc(Cl)c1)C(Cc1ccccc1)C(=O)NC1CCCC1)S(C)(=O)=O. The minimum Gasteiger partial charge on any atom is -0.352 e. The van der Waals surface area contributed by atoms with Crippen LogP contribution < -0.4 is 9.62 Å². The molecule has 1 saturated carbocycles. The Morgan fingerprint density at radius 1 is 0.927 bits per heavy atom. The molecular formula is C31H35Cl2N3O4S. The highest BCUT2D eigenvalue weighted by molar-refractivity contribution is 7.92. The first-order valence-electron chi connectivity index (χ1n) is 13.6. The summed E-state index contributed by atoms with van der Waals surface area (Å²) >= 11 is 12.4. The summed E-state index contributed by atoms with van der Waals surface area (Å²) in [4.78, 5) is 29.5. The monoisotopic (exact) mass is 615 g/mol. The summed E-state index contributed by atoms with van der Waals surface area (Å²) in [6.07, 6.45) is 5.20. The molecule has 1 atom stereocenters. The van der Waals surface area contributed by atoms with E-state index in [1.165, 1.54) is 4.90 Å². The first-order valence-corrected chi connectivity index (χ1v) is 16.2. The van der Waals surface area contributed by atoms with E-state index in [9.17, 15) is 18.0 Å². The minimum atomic E-state index is -3.86. The lowest BCUT2D eigenvalue weighted by Crippen LogP contribution is -2.54. The molecule has 1 fully saturated rings. The molecule has 0 spiro atoms. The number of sulfonamides is 1. The second-order valence-corrected chi connectivity index (χ2v) is 13.3. The highest BCUT2D eigenvalue weighted by atomic mass is 35.5. The first kappa shape index (κ1) is 30.9. The number of nitrogens with zero attached hydrogens (tertiary/aromatic N) is 2. The van der Waals surface area contributed by atoms with Crippen molar-refractivity contribution in [3.05, 3.63) is 99.5 Å². The molecule has 0 aliphatic heterocycles. The number of anilines is 1. The van der Waals surface area contributed by atoms with Crippen molar-refractivity contribution in [2.75, 3.05) is 17.1 Å². The van der Waals surface area contributed by atoms with Gasteiger partial charge in [-0.05, 0) is 66.8 Å². The summed E-state index contributed by atoms with van der Waals surface area (Å²) in [5.41, 5.74) is 2.57. The summed E-state index contributed by atoms with van der Waals surface area (Å²) in [5.74, 6) is -0.767. The molecular weight excluding hydrogens is 581 g/mol. The fourth-order valence-corrected chi connectivity index (χ4v) is 6.59. The summed E-state index contributed by atoms with van der Waals surface area (Å²) < 4.78 is 27.0. The Morgan fingerprint density at radius 3 is 2.22 bits per heavy atom. The van der Waals surface area contributed by atoms with Gasteiger partial charge in [0.1, 0.15) is 12.6 Å². The van der Waals surface area contributed by atoms with Crippen LogP contribution in [0, 0.1) is 6.92 Å². The van der Waals surface area contributed by atoms with E-state index < -0.39 is 28.5 Å². The summed E-state index contributed by atoms with van der Waals surface area (Å²) in [6.45, 7) is 1.33. The zero-order valence-electron chi connectivity index (χ0n) is 23.2. The van der Waals surface area contributed by atoms with E-state index in [1.807, 2.05) is 36.4 Å². The van der Waals surface area contributed by atoms with E-state index in [0.29, 0.717) is 21.3 Å². The minimum absolute atomic E-state index is 0.0492. The van der Waals surface area contributed by atoms with Gasteiger partial charge < -0.3 is 10.2 Å². The maximum atomic E-state index is 14.2. The predicted molar refractivity (Wildman–Crippen MR) is 165 cm³/mol. The van der Waals surface area contributed by atoms with Gasteiger partial charge in [0.05, 0.1) is 11.9 Å². The van der Waals surface area contributed by atoms with Crippen molar-refractivity contribution < 1.29 is 18.0 Å². The first-order chi connectivity index (χ1) is 19.5. The number of halogens is 2. The Bertz CT molecular complexity index is 1480. The predicted octanol–water partition coefficient (Wildman–Crippen LogP) is 5.77. The molecule has 0 saturated heterocycles. The van der Waals surface area contributed by atoms with Crippen LogP contribution in [-0.4, -0.2) is 50.0 Å². The van der Waals surface area contributed by atoms with Crippen LogP contribution in [0.1, 0.15) is 42.4 Å². The number of carbonyl (C=O) groups is 2. The van der Waals surface area contributed by atoms with Gasteiger partial charge in [-0.2, -0.15) is 0 Å². The molecule has 3 aromatic carbocycles. The number of carbonyl (C=O) groups excluding carboxylic acids is 2. The zero-order chi connectivity index (χ0) is 29.6. The number of aryl methyl sites for hydroxylation is 1. The van der Waals surface area contributed by atoms with E-state index in [-0.39, 0.29) is 24.9 Å². The van der Waals surface area contributed by atoms with Crippen molar-refractivity contribution >= 4 is 50.7 Å². The van der Waals surface area contributed by atoms with Gasteiger partial charge in [-0.15, -0.1) is 0 Å². The topological polar surface area (TPSA) is 86.8 Å². The van der Waals surface area contributed by atoms with Crippen LogP contribution in [0.3, 0.4) is 0 Å². The number of hydrogen-bond donors (Lipinski definition) is 1. The number of rotatable bonds is 11. The molecule has 1 aliphatic carbocycles. The quantitative estimate of drug-likeness (QED) is 0.297. The van der Waals surface area contributed by atoms with Crippen molar-refractivity contribution in [3.63, 3.8) is 0 Å². The van der Waals surface area contributed by atoms with Gasteiger partial charge in [-0.1, -0.05) is 78.5 Å².